The Balaban J connectivity index is 2.14. The zero-order valence-electron chi connectivity index (χ0n) is 6.71. The molecule has 0 aliphatic carbocycles. The largest absolute Gasteiger partial charge is 0.466 e. The van der Waals surface area contributed by atoms with Crippen molar-refractivity contribution in [2.24, 2.45) is 0 Å². The number of hydrogen-bond donors (Lipinski definition) is 1. The maximum atomic E-state index is 9.88. The maximum Gasteiger partial charge on any atom is 0.293 e. The Kier molecular flexibility index (Phi) is 3.98. The highest BCUT2D eigenvalue weighted by atomic mass is 16.5. The monoisotopic (exact) mass is 157 g/mol. The molecule has 3 heteroatoms. The van der Waals surface area contributed by atoms with E-state index in [-0.39, 0.29) is 0 Å². The predicted octanol–water partition coefficient (Wildman–Crippen LogP) is 0.692. The van der Waals surface area contributed by atoms with Gasteiger partial charge in [0, 0.05) is 6.04 Å². The number of hydrogen-bond acceptors (Lipinski definition) is 3. The third-order valence-corrected chi connectivity index (χ3v) is 2.03. The van der Waals surface area contributed by atoms with Gasteiger partial charge in [0.2, 0.25) is 0 Å². The summed E-state index contributed by atoms with van der Waals surface area (Å²) < 4.78 is 4.69. The fourth-order valence-corrected chi connectivity index (χ4v) is 1.40. The minimum Gasteiger partial charge on any atom is -0.466 e. The second-order valence-electron chi connectivity index (χ2n) is 2.93. The summed E-state index contributed by atoms with van der Waals surface area (Å²) in [5.74, 6) is 0. The molecule has 1 atom stereocenters. The van der Waals surface area contributed by atoms with E-state index in [2.05, 4.69) is 10.1 Å². The van der Waals surface area contributed by atoms with Crippen LogP contribution in [-0.4, -0.2) is 25.7 Å². The quantitative estimate of drug-likeness (QED) is 0.612. The van der Waals surface area contributed by atoms with Crippen LogP contribution >= 0.6 is 0 Å². The van der Waals surface area contributed by atoms with E-state index < -0.39 is 0 Å². The summed E-state index contributed by atoms with van der Waals surface area (Å²) in [6.45, 7) is 2.11. The van der Waals surface area contributed by atoms with Crippen LogP contribution in [0, 0.1) is 0 Å². The number of rotatable bonds is 3. The molecule has 0 aromatic carbocycles. The SMILES string of the molecule is O=COCC1CCCCCN1. The summed E-state index contributed by atoms with van der Waals surface area (Å²) in [6, 6.07) is 0.391. The van der Waals surface area contributed by atoms with E-state index in [1.165, 1.54) is 19.3 Å². The Labute approximate surface area is 67.1 Å². The molecule has 1 N–H and O–H groups in total. The molecule has 0 saturated carbocycles. The molecule has 0 amide bonds. The standard InChI is InChI=1S/C8H15NO2/c10-7-11-6-8-4-2-1-3-5-9-8/h7-9H,1-6H2. The first-order chi connectivity index (χ1) is 5.43. The lowest BCUT2D eigenvalue weighted by Gasteiger charge is -2.13. The minimum absolute atomic E-state index is 0.391. The molecule has 3 nitrogen and oxygen atoms in total. The molecule has 1 fully saturated rings. The van der Waals surface area contributed by atoms with E-state index >= 15 is 0 Å². The van der Waals surface area contributed by atoms with Crippen molar-refractivity contribution >= 4 is 6.47 Å². The molecule has 0 aromatic heterocycles. The van der Waals surface area contributed by atoms with Gasteiger partial charge in [-0.2, -0.15) is 0 Å². The van der Waals surface area contributed by atoms with Crippen molar-refractivity contribution in [2.45, 2.75) is 31.7 Å². The average Bonchev–Trinajstić information content (AvgIpc) is 2.28. The Morgan fingerprint density at radius 1 is 1.45 bits per heavy atom. The van der Waals surface area contributed by atoms with Crippen LogP contribution in [0.15, 0.2) is 0 Å². The van der Waals surface area contributed by atoms with Crippen LogP contribution in [-0.2, 0) is 9.53 Å². The van der Waals surface area contributed by atoms with E-state index in [1.807, 2.05) is 0 Å². The Morgan fingerprint density at radius 3 is 3.18 bits per heavy atom. The Bertz CT molecular complexity index is 109. The van der Waals surface area contributed by atoms with Gasteiger partial charge in [0.1, 0.15) is 6.61 Å². The van der Waals surface area contributed by atoms with Gasteiger partial charge in [-0.05, 0) is 19.4 Å². The first-order valence-electron chi connectivity index (χ1n) is 4.22. The fraction of sp³-hybridized carbons (Fsp3) is 0.875. The van der Waals surface area contributed by atoms with Gasteiger partial charge in [-0.3, -0.25) is 4.79 Å². The number of nitrogens with one attached hydrogen (secondary N) is 1. The van der Waals surface area contributed by atoms with Gasteiger partial charge >= 0.3 is 0 Å². The molecular weight excluding hydrogens is 142 g/mol. The lowest BCUT2D eigenvalue weighted by atomic mass is 10.1. The van der Waals surface area contributed by atoms with Crippen LogP contribution in [0.1, 0.15) is 25.7 Å². The lowest BCUT2D eigenvalue weighted by molar-refractivity contribution is -0.129. The molecule has 0 bridgehead atoms. The van der Waals surface area contributed by atoms with E-state index in [0.29, 0.717) is 19.1 Å². The van der Waals surface area contributed by atoms with E-state index in [0.717, 1.165) is 13.0 Å². The highest BCUT2D eigenvalue weighted by molar-refractivity contribution is 5.36. The van der Waals surface area contributed by atoms with Crippen molar-refractivity contribution in [3.63, 3.8) is 0 Å². The van der Waals surface area contributed by atoms with E-state index in [9.17, 15) is 4.79 Å². The Hall–Kier alpha value is -0.570. The third-order valence-electron chi connectivity index (χ3n) is 2.03. The molecule has 1 rings (SSSR count). The van der Waals surface area contributed by atoms with Gasteiger partial charge in [-0.15, -0.1) is 0 Å². The molecule has 0 aromatic rings. The maximum absolute atomic E-state index is 9.88. The lowest BCUT2D eigenvalue weighted by Crippen LogP contribution is -2.32. The zero-order chi connectivity index (χ0) is 7.94. The smallest absolute Gasteiger partial charge is 0.293 e. The zero-order valence-corrected chi connectivity index (χ0v) is 6.71. The number of carbonyl (C=O) groups excluding carboxylic acids is 1. The molecule has 0 radical (unpaired) electrons. The fourth-order valence-electron chi connectivity index (χ4n) is 1.40. The van der Waals surface area contributed by atoms with Crippen molar-refractivity contribution in [1.29, 1.82) is 0 Å². The average molecular weight is 157 g/mol. The van der Waals surface area contributed by atoms with Gasteiger partial charge in [0.25, 0.3) is 6.47 Å². The van der Waals surface area contributed by atoms with Gasteiger partial charge in [0.15, 0.2) is 0 Å². The van der Waals surface area contributed by atoms with E-state index in [4.69, 9.17) is 0 Å². The van der Waals surface area contributed by atoms with Gasteiger partial charge in [0.05, 0.1) is 0 Å². The summed E-state index contributed by atoms with van der Waals surface area (Å²) in [5.41, 5.74) is 0. The molecule has 1 aliphatic rings. The summed E-state index contributed by atoms with van der Waals surface area (Å²) in [5, 5.41) is 3.33. The van der Waals surface area contributed by atoms with Crippen molar-refractivity contribution in [3.05, 3.63) is 0 Å². The summed E-state index contributed by atoms with van der Waals surface area (Å²) in [6.07, 6.45) is 4.93. The molecule has 1 heterocycles. The first-order valence-corrected chi connectivity index (χ1v) is 4.22. The highest BCUT2D eigenvalue weighted by Gasteiger charge is 2.10. The molecule has 1 aliphatic heterocycles. The Morgan fingerprint density at radius 2 is 2.36 bits per heavy atom. The van der Waals surface area contributed by atoms with Crippen molar-refractivity contribution in [3.8, 4) is 0 Å². The third kappa shape index (κ3) is 3.37. The van der Waals surface area contributed by atoms with Gasteiger partial charge < -0.3 is 10.1 Å². The summed E-state index contributed by atoms with van der Waals surface area (Å²) in [7, 11) is 0. The first kappa shape index (κ1) is 8.53. The molecule has 0 spiro atoms. The molecule has 1 unspecified atom stereocenters. The second-order valence-corrected chi connectivity index (χ2v) is 2.93. The van der Waals surface area contributed by atoms with Crippen LogP contribution in [0.3, 0.4) is 0 Å². The number of ether oxygens (including phenoxy) is 1. The van der Waals surface area contributed by atoms with E-state index in [1.54, 1.807) is 0 Å². The predicted molar refractivity (Wildman–Crippen MR) is 42.3 cm³/mol. The van der Waals surface area contributed by atoms with Crippen molar-refractivity contribution < 1.29 is 9.53 Å². The minimum atomic E-state index is 0.391. The molecule has 64 valence electrons. The normalized spacial score (nSPS) is 25.6. The second kappa shape index (κ2) is 5.13. The summed E-state index contributed by atoms with van der Waals surface area (Å²) in [4.78, 5) is 9.88. The van der Waals surface area contributed by atoms with Crippen molar-refractivity contribution in [1.82, 2.24) is 5.32 Å². The van der Waals surface area contributed by atoms with Gasteiger partial charge in [-0.25, -0.2) is 0 Å². The van der Waals surface area contributed by atoms with Crippen molar-refractivity contribution in [2.75, 3.05) is 13.2 Å². The van der Waals surface area contributed by atoms with Crippen LogP contribution < -0.4 is 5.32 Å². The van der Waals surface area contributed by atoms with Crippen LogP contribution in [0.25, 0.3) is 0 Å². The number of carbonyl (C=O) groups is 1. The molecule has 11 heavy (non-hydrogen) atoms. The molecule has 1 saturated heterocycles. The summed E-state index contributed by atoms with van der Waals surface area (Å²) >= 11 is 0. The topological polar surface area (TPSA) is 38.3 Å². The van der Waals surface area contributed by atoms with Crippen LogP contribution in [0.5, 0.6) is 0 Å². The van der Waals surface area contributed by atoms with Crippen LogP contribution in [0.2, 0.25) is 0 Å². The van der Waals surface area contributed by atoms with Gasteiger partial charge in [-0.1, -0.05) is 12.8 Å². The molecular formula is C8H15NO2. The van der Waals surface area contributed by atoms with Crippen LogP contribution in [0.4, 0.5) is 0 Å². The highest BCUT2D eigenvalue weighted by Crippen LogP contribution is 2.07.